The van der Waals surface area contributed by atoms with Gasteiger partial charge in [0.1, 0.15) is 24.4 Å². The lowest BCUT2D eigenvalue weighted by Gasteiger charge is -2.42. The van der Waals surface area contributed by atoms with Crippen molar-refractivity contribution in [3.63, 3.8) is 0 Å². The maximum Gasteiger partial charge on any atom is 0.469 e. The number of carbonyl (C=O) groups is 7. The molecule has 6 aliphatic rings. The molecule has 0 aromatic heterocycles. The average molecular weight is 1580 g/mol. The fourth-order valence-electron chi connectivity index (χ4n) is 12.3. The van der Waals surface area contributed by atoms with Gasteiger partial charge in [0.2, 0.25) is 0 Å². The maximum absolute atomic E-state index is 12.2. The summed E-state index contributed by atoms with van der Waals surface area (Å²) in [6, 6.07) is 14.1. The monoisotopic (exact) mass is 1580 g/mol. The van der Waals surface area contributed by atoms with E-state index in [1.807, 2.05) is 69.2 Å². The summed E-state index contributed by atoms with van der Waals surface area (Å²) in [6.07, 6.45) is -9.75. The second-order valence-corrected chi connectivity index (χ2v) is 53.4. The van der Waals surface area contributed by atoms with Crippen LogP contribution in [0.1, 0.15) is 226 Å². The second kappa shape index (κ2) is 36.3. The third kappa shape index (κ3) is 25.7. The van der Waals surface area contributed by atoms with Crippen LogP contribution in [0.3, 0.4) is 0 Å². The van der Waals surface area contributed by atoms with Gasteiger partial charge in [-0.05, 0) is 221 Å². The summed E-state index contributed by atoms with van der Waals surface area (Å²) in [5, 5.41) is 27.1. The number of aliphatic carboxylic acids is 1. The molecule has 1 aromatic rings. The predicted molar refractivity (Wildman–Crippen MR) is 401 cm³/mol. The van der Waals surface area contributed by atoms with Crippen molar-refractivity contribution in [3.8, 4) is 12.1 Å². The molecule has 6 fully saturated rings. The van der Waals surface area contributed by atoms with Gasteiger partial charge in [-0.1, -0.05) is 93.5 Å². The summed E-state index contributed by atoms with van der Waals surface area (Å²) in [6.45, 7) is 57.6. The van der Waals surface area contributed by atoms with Crippen LogP contribution in [0, 0.1) is 84.2 Å². The SMILES string of the molecule is CCC(C)(C)C(=O)O.CCC(C)(C)C(=O)OC(C(F)(F)F)C(F)(F)F.CCC(C)(C)C(=O)OC1C2CC3C1OC(=O)C3(C#N)C2.CCC(C)(C)C(=O)OC1C2CC3C1OC(=O)C3(C#N)C2.CCC(C)(C)C(=O)OCCC[Si](O[Si](C)(C)C)(O[Si](C)(C)C)O[Si](C)(C)C.CCC(C)c1ccc(C(C)(C)C)cc1. The molecule has 606 valence electrons. The van der Waals surface area contributed by atoms with Gasteiger partial charge < -0.3 is 45.9 Å². The molecule has 4 bridgehead atoms. The quantitative estimate of drug-likeness (QED) is 0.0313. The van der Waals surface area contributed by atoms with Crippen LogP contribution in [-0.2, 0) is 79.7 Å². The average Bonchev–Trinajstić information content (AvgIpc) is 1.55. The predicted octanol–water partition coefficient (Wildman–Crippen LogP) is 18.9. The Morgan fingerprint density at radius 2 is 0.877 bits per heavy atom. The molecular formula is C77H128F6N2O17Si4. The third-order valence-electron chi connectivity index (χ3n) is 21.2. The lowest BCUT2D eigenvalue weighted by molar-refractivity contribution is -0.315. The maximum atomic E-state index is 12.2. The van der Waals surface area contributed by atoms with Crippen LogP contribution in [0.15, 0.2) is 24.3 Å². The smallest absolute Gasteiger partial charge is 0.469 e. The third-order valence-corrected chi connectivity index (χ3v) is 33.3. The van der Waals surface area contributed by atoms with Crippen molar-refractivity contribution in [1.82, 2.24) is 0 Å². The minimum Gasteiger partial charge on any atom is -0.481 e. The number of esters is 6. The molecule has 29 heteroatoms. The van der Waals surface area contributed by atoms with E-state index in [4.69, 9.17) is 41.1 Å². The molecule has 0 radical (unpaired) electrons. The van der Waals surface area contributed by atoms with E-state index in [1.165, 1.54) is 38.3 Å². The van der Waals surface area contributed by atoms with Gasteiger partial charge in [0.25, 0.3) is 6.10 Å². The number of halogens is 6. The molecular weight excluding hydrogens is 1450 g/mol. The number of hydrogen-bond donors (Lipinski definition) is 1. The van der Waals surface area contributed by atoms with E-state index in [0.29, 0.717) is 57.1 Å². The summed E-state index contributed by atoms with van der Waals surface area (Å²) < 4.78 is 123. The molecule has 11 atom stereocenters. The number of rotatable bonds is 25. The van der Waals surface area contributed by atoms with Gasteiger partial charge in [0, 0.05) is 29.7 Å². The fourth-order valence-corrected chi connectivity index (χ4v) is 26.9. The molecule has 11 unspecified atom stereocenters. The lowest BCUT2D eigenvalue weighted by Crippen LogP contribution is -2.60. The van der Waals surface area contributed by atoms with Gasteiger partial charge in [0.05, 0.1) is 45.8 Å². The highest BCUT2D eigenvalue weighted by molar-refractivity contribution is 6.90. The summed E-state index contributed by atoms with van der Waals surface area (Å²) in [5.74, 6) is -3.10. The summed E-state index contributed by atoms with van der Waals surface area (Å²) in [7, 11) is -8.42. The summed E-state index contributed by atoms with van der Waals surface area (Å²) >= 11 is 0. The summed E-state index contributed by atoms with van der Waals surface area (Å²) in [5.41, 5.74) is -2.23. The Kier molecular flexibility index (Phi) is 33.2. The number of benzene rings is 1. The topological polar surface area (TPSA) is 270 Å². The van der Waals surface area contributed by atoms with E-state index in [2.05, 4.69) is 135 Å². The molecule has 0 spiro atoms. The Bertz CT molecular complexity index is 3100. The van der Waals surface area contributed by atoms with Crippen molar-refractivity contribution >= 4 is 75.5 Å². The van der Waals surface area contributed by atoms with E-state index in [9.17, 15) is 70.4 Å². The van der Waals surface area contributed by atoms with Crippen LogP contribution in [0.5, 0.6) is 0 Å². The zero-order valence-corrected chi connectivity index (χ0v) is 72.9. The highest BCUT2D eigenvalue weighted by Crippen LogP contribution is 2.64. The highest BCUT2D eigenvalue weighted by Gasteiger charge is 2.74. The molecule has 4 saturated carbocycles. The van der Waals surface area contributed by atoms with Gasteiger partial charge in [-0.15, -0.1) is 0 Å². The molecule has 7 rings (SSSR count). The lowest BCUT2D eigenvalue weighted by atomic mass is 9.74. The number of hydrogen-bond acceptors (Lipinski definition) is 18. The van der Waals surface area contributed by atoms with Crippen LogP contribution in [0.4, 0.5) is 26.3 Å². The normalized spacial score (nSPS) is 24.2. The van der Waals surface area contributed by atoms with Gasteiger partial charge >= 0.3 is 62.9 Å². The number of nitrogens with zero attached hydrogens (tertiary/aromatic N) is 2. The van der Waals surface area contributed by atoms with Gasteiger partial charge in [0.15, 0.2) is 35.8 Å². The number of carboxylic acids is 1. The molecule has 4 aliphatic carbocycles. The van der Waals surface area contributed by atoms with Crippen LogP contribution < -0.4 is 0 Å². The number of ether oxygens (including phenoxy) is 6. The number of nitriles is 2. The highest BCUT2D eigenvalue weighted by atomic mass is 28.5. The Morgan fingerprint density at radius 1 is 0.547 bits per heavy atom. The molecule has 0 amide bonds. The van der Waals surface area contributed by atoms with E-state index >= 15 is 0 Å². The Balaban J connectivity index is 0.000000444. The Morgan fingerprint density at radius 3 is 1.15 bits per heavy atom. The first-order valence-corrected chi connectivity index (χ1v) is 49.6. The zero-order chi connectivity index (χ0) is 82.8. The number of carboxylic acid groups (broad SMARTS) is 1. The van der Waals surface area contributed by atoms with Crippen LogP contribution in [0.25, 0.3) is 0 Å². The summed E-state index contributed by atoms with van der Waals surface area (Å²) in [4.78, 5) is 82.0. The molecule has 1 aromatic carbocycles. The molecule has 106 heavy (non-hydrogen) atoms. The van der Waals surface area contributed by atoms with Gasteiger partial charge in [-0.3, -0.25) is 33.6 Å². The molecule has 2 aliphatic heterocycles. The number of fused-ring (bicyclic) bond motifs is 2. The second-order valence-electron chi connectivity index (χ2n) is 36.4. The standard InChI is InChI=1S/C18H44O5Si4.2C15H19NO4.C14H22.C9H12F6O2.C6H12O2/c1-13-18(2,3)17(19)20-15-14-16-27(21-24(4,5)6,22-25(7,8)9)23-26(10,11)12;2*1-4-14(2,3)12(17)19-10-8-5-9-11(10)20-13(18)15(9,6-8)7-16;1-6-11(2)12-7-9-13(10-8-12)14(3,4)5;1-4-7(2,3)6(16)17-5(8(10,11)12)9(13,14)15;1-4-6(2,3)5(7)8/h13-16H2,1-12H3;2*8-11H,4-6H2,1-3H3;7-11H,6H2,1-5H3;5H,4H2,1-3H3;4H2,1-3H3,(H,7,8). The van der Waals surface area contributed by atoms with Crippen molar-refractivity contribution in [2.24, 2.45) is 61.6 Å². The minimum atomic E-state index is -5.67. The van der Waals surface area contributed by atoms with E-state index < -0.39 is 126 Å². The Hall–Kier alpha value is -5.18. The van der Waals surface area contributed by atoms with Crippen molar-refractivity contribution in [2.45, 2.75) is 328 Å². The van der Waals surface area contributed by atoms with Crippen molar-refractivity contribution in [2.75, 3.05) is 6.61 Å². The van der Waals surface area contributed by atoms with Crippen LogP contribution in [0.2, 0.25) is 65.0 Å². The zero-order valence-electron chi connectivity index (χ0n) is 68.9. The molecule has 2 saturated heterocycles. The minimum absolute atomic E-state index is 0.0638. The first-order chi connectivity index (χ1) is 47.8. The number of alkyl halides is 6. The molecule has 1 N–H and O–H groups in total. The van der Waals surface area contributed by atoms with E-state index in [-0.39, 0.29) is 65.6 Å². The van der Waals surface area contributed by atoms with E-state index in [0.717, 1.165) is 19.3 Å². The van der Waals surface area contributed by atoms with Crippen molar-refractivity contribution < 1.29 is 106 Å². The van der Waals surface area contributed by atoms with Gasteiger partial charge in [-0.25, -0.2) is 0 Å². The first kappa shape index (κ1) is 96.9. The van der Waals surface area contributed by atoms with Crippen LogP contribution in [-0.4, -0.2) is 130 Å². The Labute approximate surface area is 632 Å². The molecule has 19 nitrogen and oxygen atoms in total. The van der Waals surface area contributed by atoms with Crippen LogP contribution >= 0.6 is 0 Å². The first-order valence-electron chi connectivity index (χ1n) is 37.4. The van der Waals surface area contributed by atoms with E-state index in [1.54, 1.807) is 13.8 Å². The number of carbonyl (C=O) groups excluding carboxylic acids is 6. The largest absolute Gasteiger partial charge is 0.481 e. The van der Waals surface area contributed by atoms with Crippen molar-refractivity contribution in [1.29, 1.82) is 10.5 Å². The van der Waals surface area contributed by atoms with Gasteiger partial charge in [-0.2, -0.15) is 36.9 Å². The fraction of sp³-hybridized carbons (Fsp3) is 0.805. The molecule has 2 heterocycles. The van der Waals surface area contributed by atoms with Crippen molar-refractivity contribution in [3.05, 3.63) is 35.4 Å².